The summed E-state index contributed by atoms with van der Waals surface area (Å²) in [6, 6.07) is 6.13. The van der Waals surface area contributed by atoms with Crippen molar-refractivity contribution in [3.8, 4) is 5.75 Å². The molecule has 0 aliphatic heterocycles. The fourth-order valence-electron chi connectivity index (χ4n) is 1.65. The van der Waals surface area contributed by atoms with Gasteiger partial charge in [0.05, 0.1) is 6.10 Å². The van der Waals surface area contributed by atoms with Crippen molar-refractivity contribution in [2.45, 2.75) is 39.7 Å². The molecule has 0 amide bonds. The Morgan fingerprint density at radius 1 is 1.47 bits per heavy atom. The van der Waals surface area contributed by atoms with Gasteiger partial charge in [-0.3, -0.25) is 0 Å². The summed E-state index contributed by atoms with van der Waals surface area (Å²) in [4.78, 5) is 0. The van der Waals surface area contributed by atoms with Gasteiger partial charge in [0.15, 0.2) is 0 Å². The molecule has 0 spiro atoms. The van der Waals surface area contributed by atoms with Crippen LogP contribution in [0.2, 0.25) is 0 Å². The normalized spacial score (nSPS) is 12.2. The maximum Gasteiger partial charge on any atom is 0.120 e. The Bertz CT molecular complexity index is 328. The zero-order chi connectivity index (χ0) is 11.3. The first-order chi connectivity index (χ1) is 7.17. The molecule has 0 aliphatic carbocycles. The van der Waals surface area contributed by atoms with Gasteiger partial charge in [0.1, 0.15) is 5.75 Å². The summed E-state index contributed by atoms with van der Waals surface area (Å²) in [6.45, 7) is 10.1. The fraction of sp³-hybridized carbons (Fsp3) is 0.429. The molecule has 82 valence electrons. The van der Waals surface area contributed by atoms with Crippen molar-refractivity contribution in [1.82, 2.24) is 0 Å². The molecule has 0 N–H and O–H groups in total. The van der Waals surface area contributed by atoms with Crippen LogP contribution in [0.1, 0.15) is 37.8 Å². The molecule has 0 radical (unpaired) electrons. The van der Waals surface area contributed by atoms with Gasteiger partial charge in [-0.15, -0.1) is 0 Å². The highest BCUT2D eigenvalue weighted by Gasteiger charge is 2.03. The summed E-state index contributed by atoms with van der Waals surface area (Å²) < 4.78 is 5.80. The summed E-state index contributed by atoms with van der Waals surface area (Å²) in [5.41, 5.74) is 2.39. The third-order valence-electron chi connectivity index (χ3n) is 2.49. The smallest absolute Gasteiger partial charge is 0.120 e. The predicted octanol–water partition coefficient (Wildman–Crippen LogP) is 4.21. The average molecular weight is 204 g/mol. The third kappa shape index (κ3) is 3.43. The maximum atomic E-state index is 5.80. The van der Waals surface area contributed by atoms with Gasteiger partial charge in [-0.05, 0) is 43.5 Å². The Balaban J connectivity index is 2.70. The van der Waals surface area contributed by atoms with E-state index in [2.05, 4.69) is 39.5 Å². The molecule has 1 unspecified atom stereocenters. The Hall–Kier alpha value is -1.24. The molecule has 0 bridgehead atoms. The molecule has 0 saturated carbocycles. The summed E-state index contributed by atoms with van der Waals surface area (Å²) in [5, 5.41) is 0. The van der Waals surface area contributed by atoms with Crippen LogP contribution in [0.25, 0.3) is 6.08 Å². The van der Waals surface area contributed by atoms with Crippen LogP contribution in [0.15, 0.2) is 24.8 Å². The monoisotopic (exact) mass is 204 g/mol. The SMILES string of the molecule is C=Cc1ccc(OC(C)CCC)cc1C. The van der Waals surface area contributed by atoms with Crippen LogP contribution in [0.4, 0.5) is 0 Å². The number of aryl methyl sites for hydroxylation is 1. The molecule has 1 heteroatoms. The lowest BCUT2D eigenvalue weighted by Crippen LogP contribution is -2.10. The van der Waals surface area contributed by atoms with Crippen molar-refractivity contribution in [2.24, 2.45) is 0 Å². The molecule has 0 heterocycles. The second kappa shape index (κ2) is 5.59. The van der Waals surface area contributed by atoms with E-state index in [1.807, 2.05) is 12.1 Å². The van der Waals surface area contributed by atoms with E-state index >= 15 is 0 Å². The Morgan fingerprint density at radius 3 is 2.73 bits per heavy atom. The topological polar surface area (TPSA) is 9.23 Å². The number of ether oxygens (including phenoxy) is 1. The Morgan fingerprint density at radius 2 is 2.20 bits per heavy atom. The number of benzene rings is 1. The zero-order valence-corrected chi connectivity index (χ0v) is 9.92. The van der Waals surface area contributed by atoms with E-state index in [0.29, 0.717) is 6.10 Å². The highest BCUT2D eigenvalue weighted by Crippen LogP contribution is 2.19. The lowest BCUT2D eigenvalue weighted by molar-refractivity contribution is 0.210. The van der Waals surface area contributed by atoms with Crippen molar-refractivity contribution >= 4 is 6.08 Å². The standard InChI is InChI=1S/C14H20O/c1-5-7-12(4)15-14-9-8-13(6-2)11(3)10-14/h6,8-10,12H,2,5,7H2,1,3-4H3. The Labute approximate surface area is 92.8 Å². The van der Waals surface area contributed by atoms with Crippen molar-refractivity contribution in [1.29, 1.82) is 0 Å². The number of hydrogen-bond donors (Lipinski definition) is 0. The van der Waals surface area contributed by atoms with Crippen LogP contribution >= 0.6 is 0 Å². The van der Waals surface area contributed by atoms with E-state index in [-0.39, 0.29) is 0 Å². The summed E-state index contributed by atoms with van der Waals surface area (Å²) >= 11 is 0. The highest BCUT2D eigenvalue weighted by molar-refractivity contribution is 5.53. The summed E-state index contributed by atoms with van der Waals surface area (Å²) in [5.74, 6) is 0.957. The first-order valence-corrected chi connectivity index (χ1v) is 5.57. The average Bonchev–Trinajstić information content (AvgIpc) is 2.18. The highest BCUT2D eigenvalue weighted by atomic mass is 16.5. The van der Waals surface area contributed by atoms with Gasteiger partial charge in [-0.2, -0.15) is 0 Å². The second-order valence-electron chi connectivity index (χ2n) is 3.94. The summed E-state index contributed by atoms with van der Waals surface area (Å²) in [7, 11) is 0. The van der Waals surface area contributed by atoms with Gasteiger partial charge in [0, 0.05) is 0 Å². The van der Waals surface area contributed by atoms with Crippen LogP contribution in [0.5, 0.6) is 5.75 Å². The van der Waals surface area contributed by atoms with Crippen LogP contribution in [-0.4, -0.2) is 6.10 Å². The molecule has 1 aromatic carbocycles. The lowest BCUT2D eigenvalue weighted by Gasteiger charge is -2.14. The molecular formula is C14H20O. The van der Waals surface area contributed by atoms with Gasteiger partial charge in [-0.1, -0.05) is 32.1 Å². The van der Waals surface area contributed by atoms with Crippen LogP contribution < -0.4 is 4.74 Å². The minimum Gasteiger partial charge on any atom is -0.491 e. The van der Waals surface area contributed by atoms with Crippen molar-refractivity contribution in [3.05, 3.63) is 35.9 Å². The molecule has 0 aliphatic rings. The van der Waals surface area contributed by atoms with Gasteiger partial charge in [0.2, 0.25) is 0 Å². The van der Waals surface area contributed by atoms with E-state index in [1.165, 1.54) is 11.1 Å². The largest absolute Gasteiger partial charge is 0.491 e. The van der Waals surface area contributed by atoms with Gasteiger partial charge in [0.25, 0.3) is 0 Å². The minimum atomic E-state index is 0.295. The fourth-order valence-corrected chi connectivity index (χ4v) is 1.65. The van der Waals surface area contributed by atoms with E-state index in [1.54, 1.807) is 0 Å². The van der Waals surface area contributed by atoms with E-state index in [0.717, 1.165) is 18.6 Å². The van der Waals surface area contributed by atoms with E-state index in [4.69, 9.17) is 4.74 Å². The molecule has 0 aromatic heterocycles. The second-order valence-corrected chi connectivity index (χ2v) is 3.94. The maximum absolute atomic E-state index is 5.80. The first kappa shape index (κ1) is 11.8. The van der Waals surface area contributed by atoms with Crippen LogP contribution in [0, 0.1) is 6.92 Å². The molecule has 0 fully saturated rings. The quantitative estimate of drug-likeness (QED) is 0.698. The van der Waals surface area contributed by atoms with Crippen molar-refractivity contribution < 1.29 is 4.74 Å². The first-order valence-electron chi connectivity index (χ1n) is 5.57. The molecule has 1 atom stereocenters. The van der Waals surface area contributed by atoms with Gasteiger partial charge < -0.3 is 4.74 Å². The number of rotatable bonds is 5. The lowest BCUT2D eigenvalue weighted by atomic mass is 10.1. The van der Waals surface area contributed by atoms with Crippen molar-refractivity contribution in [2.75, 3.05) is 0 Å². The third-order valence-corrected chi connectivity index (χ3v) is 2.49. The Kier molecular flexibility index (Phi) is 4.41. The van der Waals surface area contributed by atoms with Crippen molar-refractivity contribution in [3.63, 3.8) is 0 Å². The van der Waals surface area contributed by atoms with Gasteiger partial charge in [-0.25, -0.2) is 0 Å². The minimum absolute atomic E-state index is 0.295. The van der Waals surface area contributed by atoms with E-state index < -0.39 is 0 Å². The molecule has 1 nitrogen and oxygen atoms in total. The van der Waals surface area contributed by atoms with Crippen LogP contribution in [0.3, 0.4) is 0 Å². The van der Waals surface area contributed by atoms with Crippen LogP contribution in [-0.2, 0) is 0 Å². The van der Waals surface area contributed by atoms with E-state index in [9.17, 15) is 0 Å². The number of hydrogen-bond acceptors (Lipinski definition) is 1. The molecule has 0 saturated heterocycles. The van der Waals surface area contributed by atoms with Gasteiger partial charge >= 0.3 is 0 Å². The molecule has 1 aromatic rings. The zero-order valence-electron chi connectivity index (χ0n) is 9.92. The molecule has 15 heavy (non-hydrogen) atoms. The summed E-state index contributed by atoms with van der Waals surface area (Å²) in [6.07, 6.45) is 4.42. The molecule has 1 rings (SSSR count). The molecular weight excluding hydrogens is 184 g/mol. The predicted molar refractivity (Wildman–Crippen MR) is 66.3 cm³/mol.